The number of hydrogen-bond acceptors (Lipinski definition) is 4. The number of rotatable bonds is 1. The molecule has 94 valence electrons. The number of fused-ring (bicyclic) bond motifs is 1. The molecule has 18 heavy (non-hydrogen) atoms. The van der Waals surface area contributed by atoms with E-state index < -0.39 is 0 Å². The zero-order chi connectivity index (χ0) is 12.5. The third kappa shape index (κ3) is 1.90. The minimum absolute atomic E-state index is 0.135. The highest BCUT2D eigenvalue weighted by Gasteiger charge is 2.21. The maximum atomic E-state index is 14.0. The Bertz CT molecular complexity index is 570. The maximum absolute atomic E-state index is 14.0. The van der Waals surface area contributed by atoms with E-state index in [0.717, 1.165) is 13.1 Å². The van der Waals surface area contributed by atoms with Gasteiger partial charge in [-0.05, 0) is 19.1 Å². The van der Waals surface area contributed by atoms with E-state index >= 15 is 0 Å². The molecule has 0 aliphatic carbocycles. The Kier molecular flexibility index (Phi) is 2.83. The first-order valence-electron chi connectivity index (χ1n) is 6.01. The monoisotopic (exact) mass is 247 g/mol. The van der Waals surface area contributed by atoms with Crippen LogP contribution in [-0.4, -0.2) is 35.8 Å². The molecule has 2 heterocycles. The summed E-state index contributed by atoms with van der Waals surface area (Å²) in [6.45, 7) is 4.10. The van der Waals surface area contributed by atoms with E-state index in [9.17, 15) is 4.39 Å². The first kappa shape index (κ1) is 11.3. The van der Waals surface area contributed by atoms with Crippen LogP contribution >= 0.6 is 0 Å². The van der Waals surface area contributed by atoms with Gasteiger partial charge in [-0.3, -0.25) is 0 Å². The largest absolute Gasteiger partial charge is 0.375 e. The van der Waals surface area contributed by atoms with Crippen LogP contribution in [0.25, 0.3) is 10.9 Å². The molecule has 0 N–H and O–H groups in total. The van der Waals surface area contributed by atoms with Crippen molar-refractivity contribution >= 4 is 16.7 Å². The molecule has 2 aromatic rings. The van der Waals surface area contributed by atoms with Crippen LogP contribution in [0.3, 0.4) is 0 Å². The molecule has 0 spiro atoms. The standard InChI is InChI=1S/C13H14FN3O/c1-9-7-17(5-6-18-9)13-12-10(14)3-2-4-11(12)15-8-16-13/h2-4,8-9H,5-7H2,1H3/t9-/m0/s1. The quantitative estimate of drug-likeness (QED) is 0.772. The van der Waals surface area contributed by atoms with Crippen LogP contribution < -0.4 is 4.90 Å². The third-order valence-electron chi connectivity index (χ3n) is 3.13. The van der Waals surface area contributed by atoms with Crippen molar-refractivity contribution in [3.05, 3.63) is 30.3 Å². The fourth-order valence-corrected chi connectivity index (χ4v) is 2.30. The Balaban J connectivity index is 2.11. The molecule has 4 nitrogen and oxygen atoms in total. The molecule has 1 aliphatic heterocycles. The Hall–Kier alpha value is -1.75. The molecule has 1 saturated heterocycles. The third-order valence-corrected chi connectivity index (χ3v) is 3.13. The van der Waals surface area contributed by atoms with Gasteiger partial charge in [0, 0.05) is 13.1 Å². The predicted octanol–water partition coefficient (Wildman–Crippen LogP) is 1.99. The highest BCUT2D eigenvalue weighted by atomic mass is 19.1. The molecule has 0 radical (unpaired) electrons. The number of ether oxygens (including phenoxy) is 1. The SMILES string of the molecule is C[C@H]1CN(c2ncnc3cccc(F)c23)CCO1. The summed E-state index contributed by atoms with van der Waals surface area (Å²) in [7, 11) is 0. The Labute approximate surface area is 104 Å². The van der Waals surface area contributed by atoms with Crippen LogP contribution in [0.2, 0.25) is 0 Å². The highest BCUT2D eigenvalue weighted by molar-refractivity contribution is 5.89. The van der Waals surface area contributed by atoms with Gasteiger partial charge in [-0.15, -0.1) is 0 Å². The van der Waals surface area contributed by atoms with Gasteiger partial charge in [-0.2, -0.15) is 0 Å². The van der Waals surface area contributed by atoms with E-state index in [1.807, 2.05) is 6.92 Å². The van der Waals surface area contributed by atoms with E-state index in [-0.39, 0.29) is 11.9 Å². The average Bonchev–Trinajstić information content (AvgIpc) is 2.38. The molecule has 0 unspecified atom stereocenters. The maximum Gasteiger partial charge on any atom is 0.143 e. The van der Waals surface area contributed by atoms with Crippen LogP contribution in [0.15, 0.2) is 24.5 Å². The Morgan fingerprint density at radius 2 is 2.28 bits per heavy atom. The fraction of sp³-hybridized carbons (Fsp3) is 0.385. The molecule has 0 bridgehead atoms. The van der Waals surface area contributed by atoms with Crippen LogP contribution in [0, 0.1) is 5.82 Å². The summed E-state index contributed by atoms with van der Waals surface area (Å²) in [6.07, 6.45) is 1.62. The molecular weight excluding hydrogens is 233 g/mol. The zero-order valence-corrected chi connectivity index (χ0v) is 10.1. The molecule has 1 aromatic carbocycles. The van der Waals surface area contributed by atoms with Crippen molar-refractivity contribution in [2.45, 2.75) is 13.0 Å². The van der Waals surface area contributed by atoms with Crippen molar-refractivity contribution in [1.82, 2.24) is 9.97 Å². The van der Waals surface area contributed by atoms with Crippen LogP contribution in [0.5, 0.6) is 0 Å². The highest BCUT2D eigenvalue weighted by Crippen LogP contribution is 2.26. The van der Waals surface area contributed by atoms with E-state index in [0.29, 0.717) is 23.3 Å². The summed E-state index contributed by atoms with van der Waals surface area (Å²) in [4.78, 5) is 10.4. The van der Waals surface area contributed by atoms with Crippen molar-refractivity contribution < 1.29 is 9.13 Å². The molecule has 1 atom stereocenters. The van der Waals surface area contributed by atoms with E-state index in [1.165, 1.54) is 12.4 Å². The minimum Gasteiger partial charge on any atom is -0.375 e. The number of benzene rings is 1. The van der Waals surface area contributed by atoms with Gasteiger partial charge >= 0.3 is 0 Å². The lowest BCUT2D eigenvalue weighted by molar-refractivity contribution is 0.0530. The lowest BCUT2D eigenvalue weighted by Crippen LogP contribution is -2.41. The number of morpholine rings is 1. The number of halogens is 1. The predicted molar refractivity (Wildman–Crippen MR) is 67.1 cm³/mol. The van der Waals surface area contributed by atoms with Gasteiger partial charge < -0.3 is 9.64 Å². The van der Waals surface area contributed by atoms with Crippen molar-refractivity contribution in [2.24, 2.45) is 0 Å². The molecule has 0 saturated carbocycles. The van der Waals surface area contributed by atoms with Gasteiger partial charge in [0.25, 0.3) is 0 Å². The fourth-order valence-electron chi connectivity index (χ4n) is 2.30. The van der Waals surface area contributed by atoms with Crippen LogP contribution in [0.4, 0.5) is 10.2 Å². The second-order valence-corrected chi connectivity index (χ2v) is 4.46. The van der Waals surface area contributed by atoms with Crippen LogP contribution in [0.1, 0.15) is 6.92 Å². The van der Waals surface area contributed by atoms with Gasteiger partial charge in [-0.1, -0.05) is 6.07 Å². The van der Waals surface area contributed by atoms with Gasteiger partial charge in [0.05, 0.1) is 23.6 Å². The van der Waals surface area contributed by atoms with Gasteiger partial charge in [0.15, 0.2) is 0 Å². The number of nitrogens with zero attached hydrogens (tertiary/aromatic N) is 3. The molecular formula is C13H14FN3O. The molecule has 1 aliphatic rings. The lowest BCUT2D eigenvalue weighted by atomic mass is 10.2. The van der Waals surface area contributed by atoms with Crippen LogP contribution in [-0.2, 0) is 4.74 Å². The number of hydrogen-bond donors (Lipinski definition) is 0. The number of aromatic nitrogens is 2. The topological polar surface area (TPSA) is 38.2 Å². The van der Waals surface area contributed by atoms with E-state index in [2.05, 4.69) is 14.9 Å². The van der Waals surface area contributed by atoms with Gasteiger partial charge in [0.1, 0.15) is 18.0 Å². The summed E-state index contributed by atoms with van der Waals surface area (Å²) in [5.41, 5.74) is 0.638. The average molecular weight is 247 g/mol. The number of anilines is 1. The van der Waals surface area contributed by atoms with E-state index in [1.54, 1.807) is 12.1 Å². The van der Waals surface area contributed by atoms with Crippen molar-refractivity contribution in [3.63, 3.8) is 0 Å². The minimum atomic E-state index is -0.276. The van der Waals surface area contributed by atoms with Crippen molar-refractivity contribution in [3.8, 4) is 0 Å². The molecule has 1 fully saturated rings. The second kappa shape index (κ2) is 4.49. The summed E-state index contributed by atoms with van der Waals surface area (Å²) in [6, 6.07) is 4.91. The summed E-state index contributed by atoms with van der Waals surface area (Å²) in [5, 5.41) is 0.495. The summed E-state index contributed by atoms with van der Waals surface area (Å²) < 4.78 is 19.5. The molecule has 0 amide bonds. The molecule has 5 heteroatoms. The molecule has 1 aromatic heterocycles. The normalized spacial score (nSPS) is 20.3. The van der Waals surface area contributed by atoms with Gasteiger partial charge in [0.2, 0.25) is 0 Å². The summed E-state index contributed by atoms with van der Waals surface area (Å²) >= 11 is 0. The Morgan fingerprint density at radius 1 is 1.39 bits per heavy atom. The summed E-state index contributed by atoms with van der Waals surface area (Å²) in [5.74, 6) is 0.385. The smallest absolute Gasteiger partial charge is 0.143 e. The first-order valence-corrected chi connectivity index (χ1v) is 6.01. The first-order chi connectivity index (χ1) is 8.75. The second-order valence-electron chi connectivity index (χ2n) is 4.46. The molecule has 3 rings (SSSR count). The zero-order valence-electron chi connectivity index (χ0n) is 10.1. The van der Waals surface area contributed by atoms with Crippen molar-refractivity contribution in [2.75, 3.05) is 24.6 Å². The lowest BCUT2D eigenvalue weighted by Gasteiger charge is -2.32. The Morgan fingerprint density at radius 3 is 3.11 bits per heavy atom. The van der Waals surface area contributed by atoms with Gasteiger partial charge in [-0.25, -0.2) is 14.4 Å². The van der Waals surface area contributed by atoms with Crippen molar-refractivity contribution in [1.29, 1.82) is 0 Å². The van der Waals surface area contributed by atoms with E-state index in [4.69, 9.17) is 4.74 Å².